The zero-order valence-electron chi connectivity index (χ0n) is 13.1. The largest absolute Gasteiger partial charge is 0.494 e. The Hall–Kier alpha value is -1.82. The van der Waals surface area contributed by atoms with Gasteiger partial charge in [0.1, 0.15) is 11.5 Å². The smallest absolute Gasteiger partial charge is 0.120 e. The summed E-state index contributed by atoms with van der Waals surface area (Å²) in [6.07, 6.45) is 1.74. The van der Waals surface area contributed by atoms with Gasteiger partial charge in [-0.05, 0) is 62.3 Å². The molecule has 3 rings (SSSR count). The lowest BCUT2D eigenvalue weighted by Gasteiger charge is -2.06. The second-order valence-electron chi connectivity index (χ2n) is 5.40. The Kier molecular flexibility index (Phi) is 5.33. The molecule has 1 aromatic heterocycles. The monoisotopic (exact) mass is 330 g/mol. The predicted octanol–water partition coefficient (Wildman–Crippen LogP) is 3.51. The van der Waals surface area contributed by atoms with E-state index in [9.17, 15) is 0 Å². The molecule has 0 fully saturated rings. The van der Waals surface area contributed by atoms with Gasteiger partial charge in [0.2, 0.25) is 0 Å². The third-order valence-electron chi connectivity index (χ3n) is 3.65. The quantitative estimate of drug-likeness (QED) is 0.620. The van der Waals surface area contributed by atoms with E-state index in [0.29, 0.717) is 26.3 Å². The zero-order valence-corrected chi connectivity index (χ0v) is 13.9. The van der Waals surface area contributed by atoms with Gasteiger partial charge in [0, 0.05) is 20.2 Å². The van der Waals surface area contributed by atoms with Crippen molar-refractivity contribution in [2.24, 2.45) is 11.5 Å². The summed E-state index contributed by atoms with van der Waals surface area (Å²) < 4.78 is 14.0. The molecular weight excluding hydrogens is 308 g/mol. The van der Waals surface area contributed by atoms with Crippen LogP contribution in [0.15, 0.2) is 36.4 Å². The minimum atomic E-state index is 0.649. The second-order valence-corrected chi connectivity index (χ2v) is 6.48. The topological polar surface area (TPSA) is 70.5 Å². The van der Waals surface area contributed by atoms with Crippen LogP contribution in [0.2, 0.25) is 0 Å². The minimum Gasteiger partial charge on any atom is -0.494 e. The molecule has 3 aromatic rings. The maximum atomic E-state index is 5.75. The standard InChI is InChI=1S/C18H22N2O2S/c19-7-1-9-21-13-4-6-17-16(11-13)15-5-3-14(12-18(15)23-17)22-10-2-8-20/h3-6,11-12H,1-2,7-10,19-20H2. The van der Waals surface area contributed by atoms with Gasteiger partial charge in [-0.3, -0.25) is 0 Å². The van der Waals surface area contributed by atoms with Gasteiger partial charge in [0.25, 0.3) is 0 Å². The molecule has 0 aliphatic rings. The molecule has 0 amide bonds. The average molecular weight is 330 g/mol. The van der Waals surface area contributed by atoms with E-state index in [1.165, 1.54) is 20.2 Å². The van der Waals surface area contributed by atoms with E-state index in [2.05, 4.69) is 24.3 Å². The number of benzene rings is 2. The van der Waals surface area contributed by atoms with Gasteiger partial charge < -0.3 is 20.9 Å². The molecule has 0 unspecified atom stereocenters. The van der Waals surface area contributed by atoms with Crippen LogP contribution in [0.3, 0.4) is 0 Å². The van der Waals surface area contributed by atoms with E-state index in [1.807, 2.05) is 12.1 Å². The molecule has 0 saturated heterocycles. The van der Waals surface area contributed by atoms with E-state index in [0.717, 1.165) is 24.3 Å². The van der Waals surface area contributed by atoms with Gasteiger partial charge in [-0.15, -0.1) is 11.3 Å². The summed E-state index contributed by atoms with van der Waals surface area (Å²) in [7, 11) is 0. The number of nitrogens with two attached hydrogens (primary N) is 2. The molecular formula is C18H22N2O2S. The van der Waals surface area contributed by atoms with E-state index >= 15 is 0 Å². The minimum absolute atomic E-state index is 0.649. The first-order valence-electron chi connectivity index (χ1n) is 7.94. The molecule has 1 heterocycles. The van der Waals surface area contributed by atoms with E-state index in [1.54, 1.807) is 11.3 Å². The lowest BCUT2D eigenvalue weighted by atomic mass is 10.1. The third-order valence-corrected chi connectivity index (χ3v) is 4.78. The van der Waals surface area contributed by atoms with E-state index in [4.69, 9.17) is 20.9 Å². The summed E-state index contributed by atoms with van der Waals surface area (Å²) in [4.78, 5) is 0. The van der Waals surface area contributed by atoms with Crippen molar-refractivity contribution in [1.82, 2.24) is 0 Å². The summed E-state index contributed by atoms with van der Waals surface area (Å²) in [5.74, 6) is 1.80. The van der Waals surface area contributed by atoms with Crippen LogP contribution in [-0.4, -0.2) is 26.3 Å². The van der Waals surface area contributed by atoms with Crippen molar-refractivity contribution < 1.29 is 9.47 Å². The van der Waals surface area contributed by atoms with Crippen LogP contribution in [-0.2, 0) is 0 Å². The summed E-state index contributed by atoms with van der Waals surface area (Å²) in [5.41, 5.74) is 11.0. The van der Waals surface area contributed by atoms with Gasteiger partial charge in [-0.1, -0.05) is 0 Å². The first-order valence-corrected chi connectivity index (χ1v) is 8.75. The van der Waals surface area contributed by atoms with Crippen molar-refractivity contribution in [1.29, 1.82) is 0 Å². The van der Waals surface area contributed by atoms with Crippen LogP contribution >= 0.6 is 11.3 Å². The highest BCUT2D eigenvalue weighted by Crippen LogP contribution is 2.37. The Labute approximate surface area is 140 Å². The van der Waals surface area contributed by atoms with Crippen LogP contribution in [0.25, 0.3) is 20.2 Å². The molecule has 0 saturated carbocycles. The van der Waals surface area contributed by atoms with Crippen LogP contribution < -0.4 is 20.9 Å². The highest BCUT2D eigenvalue weighted by atomic mass is 32.1. The predicted molar refractivity (Wildman–Crippen MR) is 97.7 cm³/mol. The number of hydrogen-bond donors (Lipinski definition) is 2. The SMILES string of the molecule is NCCCOc1ccc2c(c1)sc1ccc(OCCCN)cc12. The molecule has 0 spiro atoms. The maximum Gasteiger partial charge on any atom is 0.120 e. The van der Waals surface area contributed by atoms with Crippen LogP contribution in [0.5, 0.6) is 11.5 Å². The Bertz CT molecular complexity index is 785. The van der Waals surface area contributed by atoms with Crippen LogP contribution in [0.4, 0.5) is 0 Å². The first kappa shape index (κ1) is 16.1. The van der Waals surface area contributed by atoms with Crippen molar-refractivity contribution >= 4 is 31.5 Å². The molecule has 0 bridgehead atoms. The van der Waals surface area contributed by atoms with Crippen molar-refractivity contribution in [3.05, 3.63) is 36.4 Å². The number of ether oxygens (including phenoxy) is 2. The Morgan fingerprint density at radius 1 is 0.739 bits per heavy atom. The zero-order chi connectivity index (χ0) is 16.1. The Balaban J connectivity index is 1.86. The van der Waals surface area contributed by atoms with Crippen molar-refractivity contribution in [2.45, 2.75) is 12.8 Å². The van der Waals surface area contributed by atoms with Gasteiger partial charge >= 0.3 is 0 Å². The Morgan fingerprint density at radius 3 is 2.09 bits per heavy atom. The van der Waals surface area contributed by atoms with Gasteiger partial charge in [-0.25, -0.2) is 0 Å². The van der Waals surface area contributed by atoms with Gasteiger partial charge in [-0.2, -0.15) is 0 Å². The fraction of sp³-hybridized carbons (Fsp3) is 0.333. The third kappa shape index (κ3) is 3.75. The summed E-state index contributed by atoms with van der Waals surface area (Å²) >= 11 is 1.77. The molecule has 5 heteroatoms. The van der Waals surface area contributed by atoms with Crippen LogP contribution in [0.1, 0.15) is 12.8 Å². The second kappa shape index (κ2) is 7.64. The maximum absolute atomic E-state index is 5.75. The molecule has 4 N–H and O–H groups in total. The molecule has 0 radical (unpaired) electrons. The van der Waals surface area contributed by atoms with Crippen molar-refractivity contribution in [3.8, 4) is 11.5 Å². The lowest BCUT2D eigenvalue weighted by Crippen LogP contribution is -2.05. The van der Waals surface area contributed by atoms with Crippen molar-refractivity contribution in [3.63, 3.8) is 0 Å². The fourth-order valence-electron chi connectivity index (χ4n) is 2.46. The van der Waals surface area contributed by atoms with Gasteiger partial charge in [0.05, 0.1) is 13.2 Å². The summed E-state index contributed by atoms with van der Waals surface area (Å²) in [6.45, 7) is 2.61. The van der Waals surface area contributed by atoms with E-state index in [-0.39, 0.29) is 0 Å². The highest BCUT2D eigenvalue weighted by Gasteiger charge is 2.08. The molecule has 4 nitrogen and oxygen atoms in total. The molecule has 122 valence electrons. The molecule has 0 aliphatic carbocycles. The molecule has 23 heavy (non-hydrogen) atoms. The summed E-state index contributed by atoms with van der Waals surface area (Å²) in [6, 6.07) is 12.5. The van der Waals surface area contributed by atoms with Gasteiger partial charge in [0.15, 0.2) is 0 Å². The summed E-state index contributed by atoms with van der Waals surface area (Å²) in [5, 5.41) is 2.46. The van der Waals surface area contributed by atoms with Crippen molar-refractivity contribution in [2.75, 3.05) is 26.3 Å². The Morgan fingerprint density at radius 2 is 1.39 bits per heavy atom. The molecule has 0 atom stereocenters. The molecule has 0 aliphatic heterocycles. The first-order chi connectivity index (χ1) is 11.3. The number of fused-ring (bicyclic) bond motifs is 3. The van der Waals surface area contributed by atoms with E-state index < -0.39 is 0 Å². The number of hydrogen-bond acceptors (Lipinski definition) is 5. The molecule has 2 aromatic carbocycles. The number of thiophene rings is 1. The number of rotatable bonds is 8. The lowest BCUT2D eigenvalue weighted by molar-refractivity contribution is 0.314. The normalized spacial score (nSPS) is 11.2. The van der Waals surface area contributed by atoms with Crippen LogP contribution in [0, 0.1) is 0 Å². The fourth-order valence-corrected chi connectivity index (χ4v) is 3.58. The average Bonchev–Trinajstić information content (AvgIpc) is 2.92. The highest BCUT2D eigenvalue weighted by molar-refractivity contribution is 7.25.